The Bertz CT molecular complexity index is 510. The van der Waals surface area contributed by atoms with Crippen LogP contribution in [-0.4, -0.2) is 62.8 Å². The minimum atomic E-state index is 0. The van der Waals surface area contributed by atoms with Gasteiger partial charge in [-0.3, -0.25) is 9.89 Å². The fourth-order valence-electron chi connectivity index (χ4n) is 2.71. The van der Waals surface area contributed by atoms with Crippen LogP contribution in [0.25, 0.3) is 0 Å². The van der Waals surface area contributed by atoms with Crippen LogP contribution in [-0.2, 0) is 17.8 Å². The molecule has 1 aliphatic rings. The molecule has 0 aliphatic carbocycles. The third kappa shape index (κ3) is 8.61. The zero-order valence-corrected chi connectivity index (χ0v) is 18.4. The first-order valence-electron chi connectivity index (χ1n) is 8.64. The van der Waals surface area contributed by atoms with Crippen LogP contribution in [0.5, 0.6) is 0 Å². The molecule has 1 aromatic rings. The summed E-state index contributed by atoms with van der Waals surface area (Å²) in [5.41, 5.74) is 2.71. The molecular weight excluding hydrogens is 447 g/mol. The third-order valence-electron chi connectivity index (χ3n) is 4.10. The van der Waals surface area contributed by atoms with Crippen molar-refractivity contribution in [1.29, 1.82) is 0 Å². The van der Waals surface area contributed by atoms with E-state index < -0.39 is 0 Å². The van der Waals surface area contributed by atoms with Crippen molar-refractivity contribution < 1.29 is 4.74 Å². The van der Waals surface area contributed by atoms with Gasteiger partial charge in [0.1, 0.15) is 0 Å². The molecule has 0 aromatic heterocycles. The number of thioether (sulfide) groups is 1. The van der Waals surface area contributed by atoms with E-state index >= 15 is 0 Å². The van der Waals surface area contributed by atoms with Gasteiger partial charge in [0, 0.05) is 39.8 Å². The summed E-state index contributed by atoms with van der Waals surface area (Å²) in [4.78, 5) is 6.76. The summed E-state index contributed by atoms with van der Waals surface area (Å²) in [5.74, 6) is 2.05. The largest absolute Gasteiger partial charge is 0.379 e. The van der Waals surface area contributed by atoms with Crippen LogP contribution in [0.2, 0.25) is 0 Å². The lowest BCUT2D eigenvalue weighted by Crippen LogP contribution is -2.38. The van der Waals surface area contributed by atoms with Gasteiger partial charge in [0.2, 0.25) is 0 Å². The highest BCUT2D eigenvalue weighted by Gasteiger charge is 2.12. The molecule has 7 heteroatoms. The maximum atomic E-state index is 5.44. The Labute approximate surface area is 173 Å². The zero-order chi connectivity index (χ0) is 17.0. The van der Waals surface area contributed by atoms with Crippen LogP contribution in [0.3, 0.4) is 0 Å². The van der Waals surface area contributed by atoms with Gasteiger partial charge in [-0.25, -0.2) is 0 Å². The van der Waals surface area contributed by atoms with Gasteiger partial charge in [0.25, 0.3) is 0 Å². The van der Waals surface area contributed by atoms with Crippen LogP contribution >= 0.6 is 35.7 Å². The van der Waals surface area contributed by atoms with Crippen molar-refractivity contribution >= 4 is 41.7 Å². The van der Waals surface area contributed by atoms with Gasteiger partial charge in [0.05, 0.1) is 13.2 Å². The molecule has 1 aromatic carbocycles. The lowest BCUT2D eigenvalue weighted by Gasteiger charge is -2.27. The number of hydrogen-bond acceptors (Lipinski definition) is 4. The van der Waals surface area contributed by atoms with E-state index in [1.165, 1.54) is 16.9 Å². The standard InChI is InChI=1S/C18H30N4OS.HI/c1-19-18(20-8-5-13-24-2)21-14-16-6-3-4-7-17(16)15-22-9-11-23-12-10-22;/h3-4,6-7H,5,8-15H2,1-2H3,(H2,19,20,21);1H. The van der Waals surface area contributed by atoms with Gasteiger partial charge < -0.3 is 15.4 Å². The fourth-order valence-corrected chi connectivity index (χ4v) is 3.14. The van der Waals surface area contributed by atoms with Crippen molar-refractivity contribution in [3.8, 4) is 0 Å². The Morgan fingerprint density at radius 1 is 1.20 bits per heavy atom. The summed E-state index contributed by atoms with van der Waals surface area (Å²) in [6.07, 6.45) is 3.29. The Morgan fingerprint density at radius 2 is 1.92 bits per heavy atom. The summed E-state index contributed by atoms with van der Waals surface area (Å²) >= 11 is 1.88. The number of morpholine rings is 1. The number of benzene rings is 1. The summed E-state index contributed by atoms with van der Waals surface area (Å²) in [5, 5.41) is 6.80. The van der Waals surface area contributed by atoms with E-state index in [0.717, 1.165) is 58.3 Å². The predicted molar refractivity (Wildman–Crippen MR) is 119 cm³/mol. The Balaban J connectivity index is 0.00000312. The average molecular weight is 478 g/mol. The second-order valence-electron chi connectivity index (χ2n) is 5.86. The van der Waals surface area contributed by atoms with E-state index in [9.17, 15) is 0 Å². The highest BCUT2D eigenvalue weighted by Crippen LogP contribution is 2.13. The van der Waals surface area contributed by atoms with Crippen molar-refractivity contribution in [2.24, 2.45) is 4.99 Å². The number of aliphatic imine (C=N–C) groups is 1. The quantitative estimate of drug-likeness (QED) is 0.260. The summed E-state index contributed by atoms with van der Waals surface area (Å²) in [7, 11) is 1.82. The molecular formula is C18H31IN4OS. The fraction of sp³-hybridized carbons (Fsp3) is 0.611. The SMILES string of the molecule is CN=C(NCCCSC)NCc1ccccc1CN1CCOCC1.I. The number of hydrogen-bond donors (Lipinski definition) is 2. The number of ether oxygens (including phenoxy) is 1. The topological polar surface area (TPSA) is 48.9 Å². The smallest absolute Gasteiger partial charge is 0.191 e. The second kappa shape index (κ2) is 13.7. The number of nitrogens with one attached hydrogen (secondary N) is 2. The Kier molecular flexibility index (Phi) is 12.3. The molecule has 1 aliphatic heterocycles. The lowest BCUT2D eigenvalue weighted by molar-refractivity contribution is 0.0341. The third-order valence-corrected chi connectivity index (χ3v) is 4.80. The molecule has 0 spiro atoms. The molecule has 0 saturated carbocycles. The first kappa shape index (κ1) is 22.5. The molecule has 5 nitrogen and oxygen atoms in total. The van der Waals surface area contributed by atoms with Crippen molar-refractivity contribution in [2.45, 2.75) is 19.5 Å². The number of nitrogens with zero attached hydrogens (tertiary/aromatic N) is 2. The molecule has 1 saturated heterocycles. The molecule has 1 heterocycles. The molecule has 1 fully saturated rings. The van der Waals surface area contributed by atoms with Crippen LogP contribution in [0, 0.1) is 0 Å². The van der Waals surface area contributed by atoms with E-state index in [0.29, 0.717) is 0 Å². The number of rotatable bonds is 8. The lowest BCUT2D eigenvalue weighted by atomic mass is 10.1. The molecule has 142 valence electrons. The highest BCUT2D eigenvalue weighted by atomic mass is 127. The predicted octanol–water partition coefficient (Wildman–Crippen LogP) is 2.55. The van der Waals surface area contributed by atoms with Gasteiger partial charge >= 0.3 is 0 Å². The maximum absolute atomic E-state index is 5.44. The Hall–Kier alpha value is -0.510. The normalized spacial score (nSPS) is 15.5. The van der Waals surface area contributed by atoms with Gasteiger partial charge in [-0.15, -0.1) is 24.0 Å². The van der Waals surface area contributed by atoms with E-state index in [1.54, 1.807) is 0 Å². The Morgan fingerprint density at radius 3 is 2.60 bits per heavy atom. The molecule has 0 atom stereocenters. The summed E-state index contributed by atoms with van der Waals surface area (Å²) < 4.78 is 5.44. The molecule has 0 amide bonds. The maximum Gasteiger partial charge on any atom is 0.191 e. The first-order chi connectivity index (χ1) is 11.8. The van der Waals surface area contributed by atoms with Crippen molar-refractivity contribution in [3.63, 3.8) is 0 Å². The molecule has 2 N–H and O–H groups in total. The monoisotopic (exact) mass is 478 g/mol. The minimum absolute atomic E-state index is 0. The van der Waals surface area contributed by atoms with E-state index in [4.69, 9.17) is 4.74 Å². The highest BCUT2D eigenvalue weighted by molar-refractivity contribution is 14.0. The van der Waals surface area contributed by atoms with Crippen molar-refractivity contribution in [2.75, 3.05) is 51.9 Å². The van der Waals surface area contributed by atoms with Crippen LogP contribution in [0.1, 0.15) is 17.5 Å². The first-order valence-corrected chi connectivity index (χ1v) is 10.0. The number of guanidine groups is 1. The average Bonchev–Trinajstić information content (AvgIpc) is 2.63. The zero-order valence-electron chi connectivity index (χ0n) is 15.3. The molecule has 0 bridgehead atoms. The van der Waals surface area contributed by atoms with Crippen LogP contribution in [0.15, 0.2) is 29.3 Å². The van der Waals surface area contributed by atoms with Crippen molar-refractivity contribution in [3.05, 3.63) is 35.4 Å². The van der Waals surface area contributed by atoms with Gasteiger partial charge in [-0.1, -0.05) is 24.3 Å². The van der Waals surface area contributed by atoms with Crippen molar-refractivity contribution in [1.82, 2.24) is 15.5 Å². The molecule has 0 unspecified atom stereocenters. The van der Waals surface area contributed by atoms with Crippen LogP contribution in [0.4, 0.5) is 0 Å². The van der Waals surface area contributed by atoms with E-state index in [1.807, 2.05) is 18.8 Å². The number of halogens is 1. The van der Waals surface area contributed by atoms with Gasteiger partial charge in [-0.05, 0) is 29.6 Å². The molecule has 25 heavy (non-hydrogen) atoms. The minimum Gasteiger partial charge on any atom is -0.379 e. The second-order valence-corrected chi connectivity index (χ2v) is 6.84. The molecule has 0 radical (unpaired) electrons. The van der Waals surface area contributed by atoms with Crippen LogP contribution < -0.4 is 10.6 Å². The summed E-state index contributed by atoms with van der Waals surface area (Å²) in [6.45, 7) is 6.44. The van der Waals surface area contributed by atoms with Gasteiger partial charge in [0.15, 0.2) is 5.96 Å². The molecule has 2 rings (SSSR count). The van der Waals surface area contributed by atoms with E-state index in [2.05, 4.69) is 51.0 Å². The van der Waals surface area contributed by atoms with E-state index in [-0.39, 0.29) is 24.0 Å². The summed E-state index contributed by atoms with van der Waals surface area (Å²) in [6, 6.07) is 8.65. The van der Waals surface area contributed by atoms with Gasteiger partial charge in [-0.2, -0.15) is 11.8 Å².